The van der Waals surface area contributed by atoms with Crippen LogP contribution >= 0.6 is 0 Å². The van der Waals surface area contributed by atoms with Gasteiger partial charge in [-0.15, -0.1) is 0 Å². The highest BCUT2D eigenvalue weighted by atomic mass is 19.1. The van der Waals surface area contributed by atoms with Crippen LogP contribution in [0.3, 0.4) is 0 Å². The Balaban J connectivity index is 1.79. The van der Waals surface area contributed by atoms with Crippen molar-refractivity contribution < 1.29 is 4.39 Å². The van der Waals surface area contributed by atoms with Gasteiger partial charge in [0, 0.05) is 17.7 Å². The number of halogens is 1. The van der Waals surface area contributed by atoms with E-state index >= 15 is 4.39 Å². The van der Waals surface area contributed by atoms with Gasteiger partial charge in [0.15, 0.2) is 0 Å². The molecule has 2 nitrogen and oxygen atoms in total. The third-order valence-electron chi connectivity index (χ3n) is 7.15. The van der Waals surface area contributed by atoms with Gasteiger partial charge in [-0.2, -0.15) is 5.10 Å². The maximum Gasteiger partial charge on any atom is 0.132 e. The second kappa shape index (κ2) is 9.97. The van der Waals surface area contributed by atoms with E-state index in [2.05, 4.69) is 36.8 Å². The van der Waals surface area contributed by atoms with Crippen LogP contribution < -0.4 is 0 Å². The largest absolute Gasteiger partial charge is 0.264 e. The molecule has 1 aromatic carbocycles. The highest BCUT2D eigenvalue weighted by Gasteiger charge is 2.27. The summed E-state index contributed by atoms with van der Waals surface area (Å²) in [6.07, 6.45) is 17.3. The lowest BCUT2D eigenvalue weighted by Gasteiger charge is -2.28. The molecule has 2 aromatic rings. The highest BCUT2D eigenvalue weighted by molar-refractivity contribution is 5.86. The maximum absolute atomic E-state index is 15.3. The summed E-state index contributed by atoms with van der Waals surface area (Å²) in [6, 6.07) is 5.64. The molecule has 1 aromatic heterocycles. The molecule has 0 radical (unpaired) electrons. The Morgan fingerprint density at radius 1 is 1.06 bits per heavy atom. The molecular formula is C28H37FN2. The third-order valence-corrected chi connectivity index (χ3v) is 7.15. The summed E-state index contributed by atoms with van der Waals surface area (Å²) < 4.78 is 17.4. The summed E-state index contributed by atoms with van der Waals surface area (Å²) in [5.41, 5.74) is 6.12. The molecule has 4 rings (SSSR count). The summed E-state index contributed by atoms with van der Waals surface area (Å²) >= 11 is 0. The van der Waals surface area contributed by atoms with Crippen LogP contribution in [0.25, 0.3) is 16.8 Å². The fourth-order valence-electron chi connectivity index (χ4n) is 5.31. The minimum Gasteiger partial charge on any atom is -0.264 e. The number of hydrogen-bond acceptors (Lipinski definition) is 1. The van der Waals surface area contributed by atoms with Crippen LogP contribution in [0.2, 0.25) is 0 Å². The lowest BCUT2D eigenvalue weighted by molar-refractivity contribution is 0.242. The van der Waals surface area contributed by atoms with Crippen molar-refractivity contribution in [2.75, 3.05) is 0 Å². The number of hydrogen-bond donors (Lipinski definition) is 0. The lowest BCUT2D eigenvalue weighted by Crippen LogP contribution is -2.20. The summed E-state index contributed by atoms with van der Waals surface area (Å²) in [5, 5.41) is 5.12. The summed E-state index contributed by atoms with van der Waals surface area (Å²) in [5.74, 6) is 1.38. The van der Waals surface area contributed by atoms with Crippen molar-refractivity contribution in [2.45, 2.75) is 85.1 Å². The summed E-state index contributed by atoms with van der Waals surface area (Å²) in [7, 11) is 0. The number of aryl methyl sites for hydroxylation is 2. The molecule has 0 N–H and O–H groups in total. The SMILES string of the molecule is CCCc1nn(CC2CCC(CC)CC2)c(-c2ccc(C)cc2F)c1C1=CCCC=C1. The fourth-order valence-corrected chi connectivity index (χ4v) is 5.31. The second-order valence-electron chi connectivity index (χ2n) is 9.52. The van der Waals surface area contributed by atoms with Crippen molar-refractivity contribution in [3.63, 3.8) is 0 Å². The van der Waals surface area contributed by atoms with E-state index in [1.54, 1.807) is 6.07 Å². The molecule has 2 aliphatic carbocycles. The lowest BCUT2D eigenvalue weighted by atomic mass is 9.81. The van der Waals surface area contributed by atoms with Crippen LogP contribution in [0.1, 0.15) is 82.0 Å². The van der Waals surface area contributed by atoms with Crippen molar-refractivity contribution in [2.24, 2.45) is 11.8 Å². The zero-order valence-corrected chi connectivity index (χ0v) is 19.5. The molecule has 0 saturated heterocycles. The second-order valence-corrected chi connectivity index (χ2v) is 9.52. The quantitative estimate of drug-likeness (QED) is 0.445. The van der Waals surface area contributed by atoms with E-state index in [4.69, 9.17) is 5.10 Å². The molecule has 3 heteroatoms. The topological polar surface area (TPSA) is 17.8 Å². The van der Waals surface area contributed by atoms with E-state index in [0.29, 0.717) is 11.5 Å². The Kier molecular flexibility index (Phi) is 7.09. The first-order valence-electron chi connectivity index (χ1n) is 12.3. The van der Waals surface area contributed by atoms with E-state index in [0.717, 1.165) is 60.7 Å². The molecule has 0 unspecified atom stereocenters. The van der Waals surface area contributed by atoms with Crippen LogP contribution in [-0.4, -0.2) is 9.78 Å². The molecule has 0 bridgehead atoms. The van der Waals surface area contributed by atoms with E-state index in [1.165, 1.54) is 37.7 Å². The normalized spacial score (nSPS) is 21.4. The van der Waals surface area contributed by atoms with Gasteiger partial charge in [0.2, 0.25) is 0 Å². The number of benzene rings is 1. The van der Waals surface area contributed by atoms with Gasteiger partial charge in [-0.05, 0) is 74.1 Å². The molecular weight excluding hydrogens is 383 g/mol. The Hall–Kier alpha value is -2.16. The van der Waals surface area contributed by atoms with Crippen molar-refractivity contribution in [1.29, 1.82) is 0 Å². The zero-order chi connectivity index (χ0) is 21.8. The predicted octanol–water partition coefficient (Wildman–Crippen LogP) is 7.90. The van der Waals surface area contributed by atoms with E-state index in [9.17, 15) is 0 Å². The van der Waals surface area contributed by atoms with Crippen LogP contribution in [-0.2, 0) is 13.0 Å². The molecule has 166 valence electrons. The monoisotopic (exact) mass is 420 g/mol. The minimum absolute atomic E-state index is 0.138. The Morgan fingerprint density at radius 3 is 2.48 bits per heavy atom. The average Bonchev–Trinajstić information content (AvgIpc) is 3.12. The van der Waals surface area contributed by atoms with E-state index in [1.807, 2.05) is 19.1 Å². The molecule has 1 heterocycles. The van der Waals surface area contributed by atoms with Gasteiger partial charge in [-0.25, -0.2) is 4.39 Å². The van der Waals surface area contributed by atoms with Gasteiger partial charge in [0.25, 0.3) is 0 Å². The van der Waals surface area contributed by atoms with Crippen molar-refractivity contribution >= 4 is 5.57 Å². The molecule has 1 fully saturated rings. The predicted molar refractivity (Wildman–Crippen MR) is 128 cm³/mol. The first kappa shape index (κ1) is 22.0. The smallest absolute Gasteiger partial charge is 0.132 e. The van der Waals surface area contributed by atoms with Crippen molar-refractivity contribution in [3.8, 4) is 11.3 Å². The Labute approximate surface area is 187 Å². The fraction of sp³-hybridized carbons (Fsp3) is 0.536. The molecule has 2 aliphatic rings. The van der Waals surface area contributed by atoms with Crippen LogP contribution in [0.4, 0.5) is 4.39 Å². The van der Waals surface area contributed by atoms with Crippen LogP contribution in [0.5, 0.6) is 0 Å². The minimum atomic E-state index is -0.138. The summed E-state index contributed by atoms with van der Waals surface area (Å²) in [4.78, 5) is 0. The molecule has 0 amide bonds. The number of allylic oxidation sites excluding steroid dienone is 4. The Bertz CT molecular complexity index is 958. The molecule has 0 spiro atoms. The highest BCUT2D eigenvalue weighted by Crippen LogP contribution is 2.38. The molecule has 1 saturated carbocycles. The number of nitrogens with zero attached hydrogens (tertiary/aromatic N) is 2. The average molecular weight is 421 g/mol. The van der Waals surface area contributed by atoms with Crippen LogP contribution in [0, 0.1) is 24.6 Å². The van der Waals surface area contributed by atoms with Gasteiger partial charge >= 0.3 is 0 Å². The molecule has 0 atom stereocenters. The zero-order valence-electron chi connectivity index (χ0n) is 19.5. The third kappa shape index (κ3) is 4.86. The van der Waals surface area contributed by atoms with Gasteiger partial charge in [0.05, 0.1) is 11.4 Å². The van der Waals surface area contributed by atoms with Gasteiger partial charge in [-0.1, -0.05) is 63.8 Å². The summed E-state index contributed by atoms with van der Waals surface area (Å²) in [6.45, 7) is 7.36. The number of rotatable bonds is 7. The molecule has 0 aliphatic heterocycles. The van der Waals surface area contributed by atoms with Gasteiger partial charge in [0.1, 0.15) is 5.82 Å². The Morgan fingerprint density at radius 2 is 1.84 bits per heavy atom. The first-order chi connectivity index (χ1) is 15.1. The van der Waals surface area contributed by atoms with E-state index in [-0.39, 0.29) is 5.82 Å². The maximum atomic E-state index is 15.3. The van der Waals surface area contributed by atoms with Crippen molar-refractivity contribution in [3.05, 3.63) is 59.1 Å². The van der Waals surface area contributed by atoms with Gasteiger partial charge < -0.3 is 0 Å². The van der Waals surface area contributed by atoms with Crippen molar-refractivity contribution in [1.82, 2.24) is 9.78 Å². The standard InChI is InChI=1S/C28H37FN2/c1-4-9-26-27(23-10-7-6-8-11-23)28(24-17-12-20(3)18-25(24)29)31(30-26)19-22-15-13-21(5-2)14-16-22/h7,10-12,17-18,21-22H,4-6,8-9,13-16,19H2,1-3H3. The molecule has 31 heavy (non-hydrogen) atoms. The first-order valence-corrected chi connectivity index (χ1v) is 12.3. The van der Waals surface area contributed by atoms with Crippen LogP contribution in [0.15, 0.2) is 36.4 Å². The number of aromatic nitrogens is 2. The van der Waals surface area contributed by atoms with Gasteiger partial charge in [-0.3, -0.25) is 4.68 Å². The van der Waals surface area contributed by atoms with E-state index < -0.39 is 0 Å².